The Kier molecular flexibility index (Phi) is 25.3. The summed E-state index contributed by atoms with van der Waals surface area (Å²) in [6.07, 6.45) is 7.92. The molecular weight excluding hydrogens is 604 g/mol. The minimum absolute atomic E-state index is 1.97. The molecule has 12 heavy (non-hydrogen) atoms. The molecule has 0 rings (SSSR count). The molecule has 0 unspecified atom stereocenters. The van der Waals surface area contributed by atoms with Gasteiger partial charge in [-0.2, -0.15) is 0 Å². The Labute approximate surface area is 129 Å². The van der Waals surface area contributed by atoms with Gasteiger partial charge in [-0.3, -0.25) is 0 Å². The normalized spacial score (nSPS) is 11.7. The van der Waals surface area contributed by atoms with Gasteiger partial charge >= 0.3 is 0 Å². The van der Waals surface area contributed by atoms with E-state index >= 15 is 0 Å². The molecule has 0 atom stereocenters. The van der Waals surface area contributed by atoms with Gasteiger partial charge in [-0.05, 0) is 16.3 Å². The average molecular weight is 612 g/mol. The highest BCUT2D eigenvalue weighted by Gasteiger charge is 1.52. The Hall–Kier alpha value is 1.88. The van der Waals surface area contributed by atoms with E-state index in [2.05, 4.69) is 90.4 Å². The van der Waals surface area contributed by atoms with Gasteiger partial charge in [0.1, 0.15) is 0 Å². The van der Waals surface area contributed by atoms with E-state index in [1.165, 1.54) is 0 Å². The maximum absolute atomic E-state index is 2.18. The third kappa shape index (κ3) is 22.6. The van der Waals surface area contributed by atoms with Gasteiger partial charge < -0.3 is 0 Å². The van der Waals surface area contributed by atoms with Crippen molar-refractivity contribution in [1.29, 1.82) is 0 Å². The molecule has 0 aliphatic heterocycles. The second-order valence-corrected chi connectivity index (χ2v) is 4.15. The Morgan fingerprint density at radius 3 is 0.667 bits per heavy atom. The molecule has 0 aliphatic rings. The van der Waals surface area contributed by atoms with Crippen molar-refractivity contribution in [2.75, 3.05) is 0 Å². The van der Waals surface area contributed by atoms with Crippen LogP contribution in [-0.4, -0.2) is 0 Å². The standard InChI is InChI=1S/2C4H4I2/c2*5-3-1-2-4-6/h2*1-4H/b2*3-1+,4-2+. The van der Waals surface area contributed by atoms with Crippen molar-refractivity contribution in [1.82, 2.24) is 0 Å². The van der Waals surface area contributed by atoms with Gasteiger partial charge in [-0.1, -0.05) is 115 Å². The van der Waals surface area contributed by atoms with Crippen LogP contribution in [0.3, 0.4) is 0 Å². The van der Waals surface area contributed by atoms with E-state index in [1.807, 2.05) is 40.6 Å². The first kappa shape index (κ1) is 16.3. The maximum Gasteiger partial charge on any atom is -0.0234 e. The first-order valence-corrected chi connectivity index (χ1v) is 7.86. The Bertz CT molecular complexity index is 128. The largest absolute Gasteiger partial charge is 0.0557 e. The number of rotatable bonds is 2. The van der Waals surface area contributed by atoms with E-state index in [-0.39, 0.29) is 0 Å². The number of hydrogen-bond donors (Lipinski definition) is 0. The lowest BCUT2D eigenvalue weighted by molar-refractivity contribution is 2.13. The second kappa shape index (κ2) is 18.6. The topological polar surface area (TPSA) is 0 Å². The predicted octanol–water partition coefficient (Wildman–Crippen LogP) is 5.77. The Morgan fingerprint density at radius 2 is 0.583 bits per heavy atom. The van der Waals surface area contributed by atoms with E-state index < -0.39 is 0 Å². The molecule has 0 nitrogen and oxygen atoms in total. The van der Waals surface area contributed by atoms with Gasteiger partial charge in [0.25, 0.3) is 0 Å². The van der Waals surface area contributed by atoms with Gasteiger partial charge in [0, 0.05) is 0 Å². The lowest BCUT2D eigenvalue weighted by atomic mass is 10.6. The zero-order chi connectivity index (χ0) is 9.66. The highest BCUT2D eigenvalue weighted by atomic mass is 127. The molecule has 0 aromatic heterocycles. The number of halogens is 4. The van der Waals surface area contributed by atoms with E-state index in [4.69, 9.17) is 0 Å². The smallest absolute Gasteiger partial charge is 0.0234 e. The zero-order valence-electron chi connectivity index (χ0n) is 6.13. The van der Waals surface area contributed by atoms with Gasteiger partial charge in [0.2, 0.25) is 0 Å². The third-order valence-corrected chi connectivity index (χ3v) is 2.17. The Morgan fingerprint density at radius 1 is 0.417 bits per heavy atom. The molecule has 0 saturated heterocycles. The monoisotopic (exact) mass is 612 g/mol. The predicted molar refractivity (Wildman–Crippen MR) is 92.6 cm³/mol. The summed E-state index contributed by atoms with van der Waals surface area (Å²) in [5.74, 6) is 0. The highest BCUT2D eigenvalue weighted by Crippen LogP contribution is 1.88. The molecule has 68 valence electrons. The molecule has 0 aromatic rings. The lowest BCUT2D eigenvalue weighted by Crippen LogP contribution is -1.33. The Balaban J connectivity index is 0. The molecule has 4 heteroatoms. The van der Waals surface area contributed by atoms with Crippen LogP contribution >= 0.6 is 90.4 Å². The van der Waals surface area contributed by atoms with Crippen LogP contribution in [0.4, 0.5) is 0 Å². The minimum atomic E-state index is 1.97. The molecule has 0 aromatic carbocycles. The molecular formula is C8H8I4. The van der Waals surface area contributed by atoms with Crippen LogP contribution in [0.25, 0.3) is 0 Å². The number of allylic oxidation sites excluding steroid dienone is 4. The van der Waals surface area contributed by atoms with Crippen LogP contribution < -0.4 is 0 Å². The van der Waals surface area contributed by atoms with Gasteiger partial charge in [-0.15, -0.1) is 0 Å². The molecule has 0 bridgehead atoms. The average Bonchev–Trinajstić information content (AvgIpc) is 2.12. The summed E-state index contributed by atoms with van der Waals surface area (Å²) in [5, 5.41) is 0. The fraction of sp³-hybridized carbons (Fsp3) is 0. The van der Waals surface area contributed by atoms with Crippen LogP contribution in [0.1, 0.15) is 0 Å². The van der Waals surface area contributed by atoms with Crippen molar-refractivity contribution in [3.05, 3.63) is 40.6 Å². The van der Waals surface area contributed by atoms with Gasteiger partial charge in [-0.25, -0.2) is 0 Å². The fourth-order valence-electron chi connectivity index (χ4n) is 0.168. The third-order valence-electron chi connectivity index (χ3n) is 0.513. The fourth-order valence-corrected chi connectivity index (χ4v) is 1.13. The lowest BCUT2D eigenvalue weighted by Gasteiger charge is -1.60. The van der Waals surface area contributed by atoms with Crippen molar-refractivity contribution < 1.29 is 0 Å². The van der Waals surface area contributed by atoms with Crippen molar-refractivity contribution in [3.8, 4) is 0 Å². The summed E-state index contributed by atoms with van der Waals surface area (Å²) < 4.78 is 7.86. The van der Waals surface area contributed by atoms with Crippen molar-refractivity contribution >= 4 is 90.4 Å². The van der Waals surface area contributed by atoms with Crippen molar-refractivity contribution in [2.45, 2.75) is 0 Å². The van der Waals surface area contributed by atoms with Crippen LogP contribution in [0.5, 0.6) is 0 Å². The SMILES string of the molecule is I/C=C/C=C/I.I/C=C/C=C/I. The van der Waals surface area contributed by atoms with Crippen LogP contribution in [0.2, 0.25) is 0 Å². The maximum atomic E-state index is 2.18. The summed E-state index contributed by atoms with van der Waals surface area (Å²) in [4.78, 5) is 0. The summed E-state index contributed by atoms with van der Waals surface area (Å²) in [6.45, 7) is 0. The van der Waals surface area contributed by atoms with Crippen molar-refractivity contribution in [3.63, 3.8) is 0 Å². The summed E-state index contributed by atoms with van der Waals surface area (Å²) in [6, 6.07) is 0. The number of hydrogen-bond acceptors (Lipinski definition) is 0. The van der Waals surface area contributed by atoms with E-state index in [0.717, 1.165) is 0 Å². The molecule has 0 heterocycles. The van der Waals surface area contributed by atoms with E-state index in [9.17, 15) is 0 Å². The summed E-state index contributed by atoms with van der Waals surface area (Å²) >= 11 is 8.70. The quantitative estimate of drug-likeness (QED) is 0.275. The van der Waals surface area contributed by atoms with E-state index in [1.54, 1.807) is 0 Å². The molecule has 0 amide bonds. The summed E-state index contributed by atoms with van der Waals surface area (Å²) in [5.41, 5.74) is 0. The molecule has 0 aliphatic carbocycles. The first-order chi connectivity index (χ1) is 5.83. The first-order valence-electron chi connectivity index (χ1n) is 2.87. The second-order valence-electron chi connectivity index (χ2n) is 1.27. The molecule has 0 N–H and O–H groups in total. The van der Waals surface area contributed by atoms with Crippen molar-refractivity contribution in [2.24, 2.45) is 0 Å². The van der Waals surface area contributed by atoms with E-state index in [0.29, 0.717) is 0 Å². The summed E-state index contributed by atoms with van der Waals surface area (Å²) in [7, 11) is 0. The zero-order valence-corrected chi connectivity index (χ0v) is 14.8. The molecule has 0 fully saturated rings. The van der Waals surface area contributed by atoms with Crippen LogP contribution in [0, 0.1) is 0 Å². The van der Waals surface area contributed by atoms with Crippen LogP contribution in [-0.2, 0) is 0 Å². The molecule has 0 saturated carbocycles. The van der Waals surface area contributed by atoms with Gasteiger partial charge in [0.15, 0.2) is 0 Å². The molecule has 0 spiro atoms. The van der Waals surface area contributed by atoms with Crippen LogP contribution in [0.15, 0.2) is 40.6 Å². The molecule has 0 radical (unpaired) electrons. The highest BCUT2D eigenvalue weighted by molar-refractivity contribution is 14.1. The minimum Gasteiger partial charge on any atom is -0.0557 e. The van der Waals surface area contributed by atoms with Gasteiger partial charge in [0.05, 0.1) is 0 Å².